The van der Waals surface area contributed by atoms with Gasteiger partial charge in [-0.2, -0.15) is 0 Å². The Bertz CT molecular complexity index is 307. The average molecular weight is 227 g/mol. The van der Waals surface area contributed by atoms with E-state index >= 15 is 0 Å². The molecule has 6 heteroatoms. The molecular formula is C7H6Cl2F2N2. The third kappa shape index (κ3) is 2.49. The molecule has 0 radical (unpaired) electrons. The summed E-state index contributed by atoms with van der Waals surface area (Å²) in [6.07, 6.45) is -1.46. The first-order chi connectivity index (χ1) is 6.02. The molecule has 72 valence electrons. The predicted molar refractivity (Wildman–Crippen MR) is 47.2 cm³/mol. The van der Waals surface area contributed by atoms with Crippen LogP contribution in [-0.2, 0) is 0 Å². The summed E-state index contributed by atoms with van der Waals surface area (Å²) in [5.41, 5.74) is 5.11. The van der Waals surface area contributed by atoms with Gasteiger partial charge in [-0.3, -0.25) is 4.98 Å². The van der Waals surface area contributed by atoms with Crippen molar-refractivity contribution < 1.29 is 8.78 Å². The van der Waals surface area contributed by atoms with Gasteiger partial charge in [0.15, 0.2) is 0 Å². The lowest BCUT2D eigenvalue weighted by atomic mass is 10.2. The Morgan fingerprint density at radius 1 is 1.38 bits per heavy atom. The van der Waals surface area contributed by atoms with Crippen LogP contribution >= 0.6 is 23.2 Å². The smallest absolute Gasteiger partial charge is 0.259 e. The number of alkyl halides is 2. The van der Waals surface area contributed by atoms with Gasteiger partial charge in [-0.1, -0.05) is 23.2 Å². The molecule has 0 amide bonds. The van der Waals surface area contributed by atoms with Crippen LogP contribution in [0, 0.1) is 0 Å². The fourth-order valence-corrected chi connectivity index (χ4v) is 1.30. The molecule has 2 nitrogen and oxygen atoms in total. The lowest BCUT2D eigenvalue weighted by Gasteiger charge is -2.10. The molecule has 0 aliphatic carbocycles. The molecule has 1 rings (SSSR count). The summed E-state index contributed by atoms with van der Waals surface area (Å²) in [6.45, 7) is 0. The van der Waals surface area contributed by atoms with Crippen molar-refractivity contribution in [2.75, 3.05) is 0 Å². The number of halogens is 4. The monoisotopic (exact) mass is 226 g/mol. The molecular weight excluding hydrogens is 221 g/mol. The van der Waals surface area contributed by atoms with E-state index in [1.165, 1.54) is 12.3 Å². The van der Waals surface area contributed by atoms with E-state index < -0.39 is 12.5 Å². The topological polar surface area (TPSA) is 38.9 Å². The highest BCUT2D eigenvalue weighted by Gasteiger charge is 2.21. The molecule has 1 atom stereocenters. The predicted octanol–water partition coefficient (Wildman–Crippen LogP) is 2.65. The molecule has 0 aromatic carbocycles. The van der Waals surface area contributed by atoms with Crippen LogP contribution in [0.5, 0.6) is 0 Å². The summed E-state index contributed by atoms with van der Waals surface area (Å²) in [5, 5.41) is 0.343. The van der Waals surface area contributed by atoms with Crippen molar-refractivity contribution in [1.82, 2.24) is 4.98 Å². The number of hydrogen-bond acceptors (Lipinski definition) is 2. The number of nitrogens with two attached hydrogens (primary N) is 1. The van der Waals surface area contributed by atoms with Crippen LogP contribution in [0.25, 0.3) is 0 Å². The third-order valence-electron chi connectivity index (χ3n) is 1.42. The van der Waals surface area contributed by atoms with E-state index in [1.807, 2.05) is 0 Å². The van der Waals surface area contributed by atoms with Crippen LogP contribution in [-0.4, -0.2) is 11.4 Å². The van der Waals surface area contributed by atoms with Gasteiger partial charge in [0.2, 0.25) is 0 Å². The summed E-state index contributed by atoms with van der Waals surface area (Å²) < 4.78 is 24.3. The summed E-state index contributed by atoms with van der Waals surface area (Å²) in [4.78, 5) is 3.63. The highest BCUT2D eigenvalue weighted by Crippen LogP contribution is 2.25. The van der Waals surface area contributed by atoms with Crippen molar-refractivity contribution in [1.29, 1.82) is 0 Å². The SMILES string of the molecule is NC(c1ncc(Cl)cc1Cl)C(F)F. The molecule has 1 aromatic rings. The van der Waals surface area contributed by atoms with Crippen molar-refractivity contribution in [3.8, 4) is 0 Å². The number of aromatic nitrogens is 1. The van der Waals surface area contributed by atoms with Gasteiger partial charge in [-0.05, 0) is 6.07 Å². The first kappa shape index (κ1) is 10.6. The highest BCUT2D eigenvalue weighted by atomic mass is 35.5. The Morgan fingerprint density at radius 3 is 2.46 bits per heavy atom. The van der Waals surface area contributed by atoms with E-state index in [2.05, 4.69) is 4.98 Å². The Kier molecular flexibility index (Phi) is 3.41. The quantitative estimate of drug-likeness (QED) is 0.843. The van der Waals surface area contributed by atoms with Gasteiger partial charge in [-0.25, -0.2) is 8.78 Å². The molecule has 0 saturated carbocycles. The second kappa shape index (κ2) is 4.17. The van der Waals surface area contributed by atoms with Crippen molar-refractivity contribution in [2.45, 2.75) is 12.5 Å². The largest absolute Gasteiger partial charge is 0.318 e. The standard InChI is InChI=1S/C7H6Cl2F2N2/c8-3-1-4(9)6(13-2-3)5(12)7(10)11/h1-2,5,7H,12H2. The van der Waals surface area contributed by atoms with Crippen molar-refractivity contribution in [3.63, 3.8) is 0 Å². The molecule has 0 fully saturated rings. The van der Waals surface area contributed by atoms with Crippen LogP contribution in [0.3, 0.4) is 0 Å². The molecule has 0 saturated heterocycles. The Hall–Kier alpha value is -0.450. The minimum Gasteiger partial charge on any atom is -0.318 e. The Morgan fingerprint density at radius 2 is 2.00 bits per heavy atom. The molecule has 0 bridgehead atoms. The molecule has 1 heterocycles. The van der Waals surface area contributed by atoms with E-state index in [9.17, 15) is 8.78 Å². The molecule has 13 heavy (non-hydrogen) atoms. The first-order valence-electron chi connectivity index (χ1n) is 3.37. The second-order valence-electron chi connectivity index (χ2n) is 2.38. The van der Waals surface area contributed by atoms with Crippen molar-refractivity contribution in [3.05, 3.63) is 28.0 Å². The minimum absolute atomic E-state index is 0.0407. The van der Waals surface area contributed by atoms with Gasteiger partial charge >= 0.3 is 0 Å². The minimum atomic E-state index is -2.69. The molecule has 2 N–H and O–H groups in total. The van der Waals surface area contributed by atoms with Crippen LogP contribution in [0.4, 0.5) is 8.78 Å². The first-order valence-corrected chi connectivity index (χ1v) is 4.12. The summed E-state index contributed by atoms with van der Waals surface area (Å²) in [5.74, 6) is 0. The van der Waals surface area contributed by atoms with Gasteiger partial charge in [0.05, 0.1) is 15.7 Å². The number of nitrogens with zero attached hydrogens (tertiary/aromatic N) is 1. The van der Waals surface area contributed by atoms with Gasteiger partial charge in [0, 0.05) is 6.20 Å². The van der Waals surface area contributed by atoms with E-state index in [1.54, 1.807) is 0 Å². The van der Waals surface area contributed by atoms with Gasteiger partial charge in [0.25, 0.3) is 6.43 Å². The normalized spacial score (nSPS) is 13.4. The second-order valence-corrected chi connectivity index (χ2v) is 3.22. The Balaban J connectivity index is 3.01. The molecule has 1 aromatic heterocycles. The van der Waals surface area contributed by atoms with E-state index in [4.69, 9.17) is 28.9 Å². The zero-order chi connectivity index (χ0) is 10.0. The van der Waals surface area contributed by atoms with E-state index in [-0.39, 0.29) is 15.7 Å². The van der Waals surface area contributed by atoms with E-state index in [0.29, 0.717) is 0 Å². The molecule has 0 aliphatic heterocycles. The van der Waals surface area contributed by atoms with Crippen molar-refractivity contribution >= 4 is 23.2 Å². The summed E-state index contributed by atoms with van der Waals surface area (Å²) >= 11 is 11.1. The summed E-state index contributed by atoms with van der Waals surface area (Å²) in [6, 6.07) is -0.141. The third-order valence-corrected chi connectivity index (χ3v) is 1.93. The maximum Gasteiger partial charge on any atom is 0.259 e. The van der Waals surface area contributed by atoms with Crippen LogP contribution in [0.15, 0.2) is 12.3 Å². The highest BCUT2D eigenvalue weighted by molar-refractivity contribution is 6.34. The Labute approximate surface area is 83.7 Å². The van der Waals surface area contributed by atoms with Crippen LogP contribution < -0.4 is 5.73 Å². The number of hydrogen-bond donors (Lipinski definition) is 1. The van der Waals surface area contributed by atoms with Crippen LogP contribution in [0.1, 0.15) is 11.7 Å². The maximum absolute atomic E-state index is 12.1. The van der Waals surface area contributed by atoms with Gasteiger partial charge in [-0.15, -0.1) is 0 Å². The molecule has 1 unspecified atom stereocenters. The van der Waals surface area contributed by atoms with Gasteiger partial charge in [0.1, 0.15) is 6.04 Å². The molecule has 0 spiro atoms. The fourth-order valence-electron chi connectivity index (χ4n) is 0.790. The lowest BCUT2D eigenvalue weighted by molar-refractivity contribution is 0.115. The van der Waals surface area contributed by atoms with Crippen LogP contribution in [0.2, 0.25) is 10.0 Å². The number of pyridine rings is 1. The molecule has 0 aliphatic rings. The zero-order valence-corrected chi connectivity index (χ0v) is 7.86. The summed E-state index contributed by atoms with van der Waals surface area (Å²) in [7, 11) is 0. The number of rotatable bonds is 2. The average Bonchev–Trinajstić information content (AvgIpc) is 2.03. The maximum atomic E-state index is 12.1. The van der Waals surface area contributed by atoms with Gasteiger partial charge < -0.3 is 5.73 Å². The van der Waals surface area contributed by atoms with Crippen molar-refractivity contribution in [2.24, 2.45) is 5.73 Å². The zero-order valence-electron chi connectivity index (χ0n) is 6.35. The lowest BCUT2D eigenvalue weighted by Crippen LogP contribution is -2.20. The fraction of sp³-hybridized carbons (Fsp3) is 0.286. The van der Waals surface area contributed by atoms with E-state index in [0.717, 1.165) is 0 Å².